The fourth-order valence-corrected chi connectivity index (χ4v) is 1.80. The van der Waals surface area contributed by atoms with Gasteiger partial charge in [-0.05, 0) is 25.7 Å². The van der Waals surface area contributed by atoms with Crippen LogP contribution in [0.25, 0.3) is 0 Å². The largest absolute Gasteiger partial charge is 0.373 e. The summed E-state index contributed by atoms with van der Waals surface area (Å²) in [4.78, 5) is 8.61. The zero-order chi connectivity index (χ0) is 11.4. The van der Waals surface area contributed by atoms with Crippen LogP contribution < -0.4 is 10.6 Å². The molecular formula is C12H20N4. The predicted octanol–water partition coefficient (Wildman–Crippen LogP) is 2.43. The maximum atomic E-state index is 4.35. The van der Waals surface area contributed by atoms with Crippen LogP contribution in [0.2, 0.25) is 0 Å². The molecule has 1 aromatic rings. The highest BCUT2D eigenvalue weighted by Crippen LogP contribution is 2.33. The van der Waals surface area contributed by atoms with E-state index in [2.05, 4.69) is 20.6 Å². The van der Waals surface area contributed by atoms with E-state index in [1.54, 1.807) is 0 Å². The van der Waals surface area contributed by atoms with Gasteiger partial charge in [0.05, 0.1) is 0 Å². The Morgan fingerprint density at radius 2 is 2.06 bits per heavy atom. The summed E-state index contributed by atoms with van der Waals surface area (Å²) in [6.07, 6.45) is 5.48. The van der Waals surface area contributed by atoms with Crippen molar-refractivity contribution in [2.24, 2.45) is 5.92 Å². The van der Waals surface area contributed by atoms with Gasteiger partial charge in [-0.2, -0.15) is 0 Å². The normalized spacial score (nSPS) is 14.9. The third-order valence-electron chi connectivity index (χ3n) is 2.89. The van der Waals surface area contributed by atoms with Gasteiger partial charge in [-0.1, -0.05) is 12.8 Å². The Labute approximate surface area is 96.9 Å². The molecule has 1 heterocycles. The topological polar surface area (TPSA) is 49.8 Å². The summed E-state index contributed by atoms with van der Waals surface area (Å²) in [5.41, 5.74) is 0. The van der Waals surface area contributed by atoms with Gasteiger partial charge in [-0.25, -0.2) is 9.97 Å². The first kappa shape index (κ1) is 11.2. The number of nitrogens with zero attached hydrogens (tertiary/aromatic N) is 2. The summed E-state index contributed by atoms with van der Waals surface area (Å²) >= 11 is 0. The Morgan fingerprint density at radius 1 is 1.31 bits per heavy atom. The molecule has 1 aromatic heterocycles. The van der Waals surface area contributed by atoms with E-state index in [-0.39, 0.29) is 0 Å². The molecular weight excluding hydrogens is 200 g/mol. The molecule has 0 spiro atoms. The number of hydrogen-bond acceptors (Lipinski definition) is 4. The molecule has 0 radical (unpaired) electrons. The Morgan fingerprint density at radius 3 is 2.75 bits per heavy atom. The number of rotatable bonds is 6. The van der Waals surface area contributed by atoms with Crippen molar-refractivity contribution >= 4 is 11.6 Å². The minimum absolute atomic E-state index is 0.802. The maximum absolute atomic E-state index is 4.35. The summed E-state index contributed by atoms with van der Waals surface area (Å²) in [5, 5.41) is 6.39. The first-order valence-electron chi connectivity index (χ1n) is 6.05. The second-order valence-corrected chi connectivity index (χ2v) is 4.45. The van der Waals surface area contributed by atoms with E-state index < -0.39 is 0 Å². The smallest absolute Gasteiger partial charge is 0.131 e. The SMILES string of the molecule is CNc1cc(NCCCC2CC2)nc(C)n1. The van der Waals surface area contributed by atoms with Gasteiger partial charge in [-0.3, -0.25) is 0 Å². The molecule has 0 aromatic carbocycles. The van der Waals surface area contributed by atoms with E-state index in [4.69, 9.17) is 0 Å². The van der Waals surface area contributed by atoms with E-state index in [9.17, 15) is 0 Å². The van der Waals surface area contributed by atoms with Gasteiger partial charge in [0.1, 0.15) is 17.5 Å². The van der Waals surface area contributed by atoms with Crippen LogP contribution in [-0.4, -0.2) is 23.6 Å². The van der Waals surface area contributed by atoms with Crippen LogP contribution >= 0.6 is 0 Å². The Hall–Kier alpha value is -1.32. The molecule has 2 rings (SSSR count). The molecule has 0 atom stereocenters. The van der Waals surface area contributed by atoms with Crippen LogP contribution in [-0.2, 0) is 0 Å². The number of hydrogen-bond donors (Lipinski definition) is 2. The van der Waals surface area contributed by atoms with Gasteiger partial charge in [0.15, 0.2) is 0 Å². The summed E-state index contributed by atoms with van der Waals surface area (Å²) in [5.74, 6) is 3.61. The molecule has 1 aliphatic rings. The molecule has 4 heteroatoms. The minimum atomic E-state index is 0.802. The van der Waals surface area contributed by atoms with Crippen LogP contribution in [0, 0.1) is 12.8 Å². The first-order chi connectivity index (χ1) is 7.78. The van der Waals surface area contributed by atoms with Crippen molar-refractivity contribution in [1.82, 2.24) is 9.97 Å². The van der Waals surface area contributed by atoms with Gasteiger partial charge in [0.25, 0.3) is 0 Å². The molecule has 0 bridgehead atoms. The van der Waals surface area contributed by atoms with E-state index in [1.807, 2.05) is 20.0 Å². The number of aryl methyl sites for hydroxylation is 1. The fraction of sp³-hybridized carbons (Fsp3) is 0.667. The summed E-state index contributed by atoms with van der Waals surface area (Å²) in [6, 6.07) is 1.95. The lowest BCUT2D eigenvalue weighted by Crippen LogP contribution is -2.06. The van der Waals surface area contributed by atoms with Crippen molar-refractivity contribution < 1.29 is 0 Å². The van der Waals surface area contributed by atoms with Gasteiger partial charge in [0, 0.05) is 19.7 Å². The molecule has 2 N–H and O–H groups in total. The van der Waals surface area contributed by atoms with Gasteiger partial charge in [-0.15, -0.1) is 0 Å². The van der Waals surface area contributed by atoms with Gasteiger partial charge >= 0.3 is 0 Å². The highest BCUT2D eigenvalue weighted by molar-refractivity contribution is 5.46. The third-order valence-corrected chi connectivity index (χ3v) is 2.89. The van der Waals surface area contributed by atoms with Crippen molar-refractivity contribution in [2.45, 2.75) is 32.6 Å². The Balaban J connectivity index is 1.80. The summed E-state index contributed by atoms with van der Waals surface area (Å²) in [7, 11) is 1.87. The van der Waals surface area contributed by atoms with E-state index in [0.29, 0.717) is 0 Å². The molecule has 88 valence electrons. The lowest BCUT2D eigenvalue weighted by atomic mass is 10.2. The average Bonchev–Trinajstić information content (AvgIpc) is 3.07. The highest BCUT2D eigenvalue weighted by atomic mass is 15.1. The molecule has 1 saturated carbocycles. The monoisotopic (exact) mass is 220 g/mol. The predicted molar refractivity (Wildman–Crippen MR) is 66.8 cm³/mol. The summed E-state index contributed by atoms with van der Waals surface area (Å²) < 4.78 is 0. The van der Waals surface area contributed by atoms with Gasteiger partial charge < -0.3 is 10.6 Å². The average molecular weight is 220 g/mol. The molecule has 0 unspecified atom stereocenters. The lowest BCUT2D eigenvalue weighted by Gasteiger charge is -2.07. The number of anilines is 2. The maximum Gasteiger partial charge on any atom is 0.131 e. The van der Waals surface area contributed by atoms with E-state index in [1.165, 1.54) is 25.7 Å². The highest BCUT2D eigenvalue weighted by Gasteiger charge is 2.19. The van der Waals surface area contributed by atoms with Crippen LogP contribution in [0.5, 0.6) is 0 Å². The Bertz CT molecular complexity index is 347. The quantitative estimate of drug-likeness (QED) is 0.723. The molecule has 0 aliphatic heterocycles. The second kappa shape index (κ2) is 5.14. The minimum Gasteiger partial charge on any atom is -0.373 e. The van der Waals surface area contributed by atoms with Crippen LogP contribution in [0.3, 0.4) is 0 Å². The first-order valence-corrected chi connectivity index (χ1v) is 6.05. The molecule has 16 heavy (non-hydrogen) atoms. The molecule has 0 saturated heterocycles. The van der Waals surface area contributed by atoms with Gasteiger partial charge in [0.2, 0.25) is 0 Å². The molecule has 1 aliphatic carbocycles. The standard InChI is InChI=1S/C12H20N4/c1-9-15-11(13-2)8-12(16-9)14-7-3-4-10-5-6-10/h8,10H,3-7H2,1-2H3,(H2,13,14,15,16). The number of nitrogens with one attached hydrogen (secondary N) is 2. The molecule has 1 fully saturated rings. The van der Waals surface area contributed by atoms with Crippen LogP contribution in [0.15, 0.2) is 6.07 Å². The van der Waals surface area contributed by atoms with E-state index >= 15 is 0 Å². The number of aromatic nitrogens is 2. The second-order valence-electron chi connectivity index (χ2n) is 4.45. The van der Waals surface area contributed by atoms with Crippen molar-refractivity contribution in [3.05, 3.63) is 11.9 Å². The van der Waals surface area contributed by atoms with E-state index in [0.717, 1.165) is 29.9 Å². The summed E-state index contributed by atoms with van der Waals surface area (Å²) in [6.45, 7) is 2.92. The lowest BCUT2D eigenvalue weighted by molar-refractivity contribution is 0.686. The van der Waals surface area contributed by atoms with Crippen molar-refractivity contribution in [3.8, 4) is 0 Å². The van der Waals surface area contributed by atoms with Crippen molar-refractivity contribution in [3.63, 3.8) is 0 Å². The molecule has 4 nitrogen and oxygen atoms in total. The van der Waals surface area contributed by atoms with Crippen molar-refractivity contribution in [1.29, 1.82) is 0 Å². The molecule has 0 amide bonds. The third kappa shape index (κ3) is 3.36. The Kier molecular flexibility index (Phi) is 3.59. The zero-order valence-electron chi connectivity index (χ0n) is 10.1. The van der Waals surface area contributed by atoms with Crippen LogP contribution in [0.1, 0.15) is 31.5 Å². The zero-order valence-corrected chi connectivity index (χ0v) is 10.1. The van der Waals surface area contributed by atoms with Crippen LogP contribution in [0.4, 0.5) is 11.6 Å². The fourth-order valence-electron chi connectivity index (χ4n) is 1.80. The van der Waals surface area contributed by atoms with Crippen molar-refractivity contribution in [2.75, 3.05) is 24.2 Å².